The standard InChI is InChI=1S/C11H10N4SSe/c1-7(11-12-5-6-16-11)13-8-3-2-4-9-10(8)15-17-14-9/h2-7,13H,1H3. The summed E-state index contributed by atoms with van der Waals surface area (Å²) in [5, 5.41) is 6.53. The molecule has 0 amide bonds. The minimum absolute atomic E-state index is 0.0184. The van der Waals surface area contributed by atoms with Crippen LogP contribution in [0.3, 0.4) is 0 Å². The van der Waals surface area contributed by atoms with E-state index in [1.165, 1.54) is 0 Å². The summed E-state index contributed by atoms with van der Waals surface area (Å²) in [6, 6.07) is 6.26. The molecule has 0 aliphatic rings. The molecule has 2 aromatic heterocycles. The summed E-state index contributed by atoms with van der Waals surface area (Å²) < 4.78 is 8.82. The second-order valence-electron chi connectivity index (χ2n) is 3.67. The molecular weight excluding hydrogens is 299 g/mol. The van der Waals surface area contributed by atoms with Gasteiger partial charge in [0.2, 0.25) is 0 Å². The number of nitrogens with zero attached hydrogens (tertiary/aromatic N) is 3. The number of anilines is 1. The number of hydrogen-bond donors (Lipinski definition) is 1. The van der Waals surface area contributed by atoms with Crippen molar-refractivity contribution in [1.29, 1.82) is 0 Å². The fourth-order valence-electron chi connectivity index (χ4n) is 1.67. The van der Waals surface area contributed by atoms with Gasteiger partial charge < -0.3 is 0 Å². The number of rotatable bonds is 3. The van der Waals surface area contributed by atoms with Crippen LogP contribution in [0.5, 0.6) is 0 Å². The molecule has 0 aliphatic heterocycles. The van der Waals surface area contributed by atoms with Gasteiger partial charge in [0, 0.05) is 0 Å². The third-order valence-electron chi connectivity index (χ3n) is 2.48. The number of nitrogens with one attached hydrogen (secondary N) is 1. The SMILES string of the molecule is CC(Nc1cccc2n[se]nc12)c1nccs1. The Morgan fingerprint density at radius 3 is 3.12 bits per heavy atom. The normalized spacial score (nSPS) is 12.8. The number of aromatic nitrogens is 3. The van der Waals surface area contributed by atoms with Gasteiger partial charge in [-0.05, 0) is 0 Å². The van der Waals surface area contributed by atoms with Gasteiger partial charge in [-0.1, -0.05) is 0 Å². The topological polar surface area (TPSA) is 50.7 Å². The number of fused-ring (bicyclic) bond motifs is 1. The van der Waals surface area contributed by atoms with Crippen LogP contribution in [0.15, 0.2) is 29.8 Å². The van der Waals surface area contributed by atoms with Gasteiger partial charge in [0.1, 0.15) is 0 Å². The van der Waals surface area contributed by atoms with Gasteiger partial charge in [-0.15, -0.1) is 0 Å². The van der Waals surface area contributed by atoms with E-state index in [0.29, 0.717) is 0 Å². The van der Waals surface area contributed by atoms with E-state index < -0.39 is 0 Å². The molecule has 1 atom stereocenters. The van der Waals surface area contributed by atoms with Crippen LogP contribution >= 0.6 is 11.3 Å². The van der Waals surface area contributed by atoms with Gasteiger partial charge >= 0.3 is 109 Å². The molecule has 86 valence electrons. The first-order valence-electron chi connectivity index (χ1n) is 5.22. The zero-order chi connectivity index (χ0) is 11.7. The van der Waals surface area contributed by atoms with Crippen molar-refractivity contribution >= 4 is 43.0 Å². The summed E-state index contributed by atoms with van der Waals surface area (Å²) in [4.78, 5) is 4.31. The number of benzene rings is 1. The second kappa shape index (κ2) is 4.56. The molecule has 0 saturated carbocycles. The van der Waals surface area contributed by atoms with Crippen LogP contribution in [0.4, 0.5) is 5.69 Å². The van der Waals surface area contributed by atoms with E-state index in [0.717, 1.165) is 21.7 Å². The fraction of sp³-hybridized carbons (Fsp3) is 0.182. The molecular formula is C11H10N4SSe. The Morgan fingerprint density at radius 1 is 1.35 bits per heavy atom. The first-order valence-corrected chi connectivity index (χ1v) is 7.63. The van der Waals surface area contributed by atoms with Crippen LogP contribution in [-0.4, -0.2) is 27.9 Å². The zero-order valence-corrected chi connectivity index (χ0v) is 11.7. The molecule has 1 aromatic carbocycles. The molecule has 0 aliphatic carbocycles. The molecule has 6 heteroatoms. The Morgan fingerprint density at radius 2 is 2.29 bits per heavy atom. The first-order chi connectivity index (χ1) is 8.34. The molecule has 3 rings (SSSR count). The van der Waals surface area contributed by atoms with Crippen LogP contribution in [0, 0.1) is 0 Å². The maximum absolute atomic E-state index is 4.45. The Labute approximate surface area is 109 Å². The first kappa shape index (κ1) is 10.9. The van der Waals surface area contributed by atoms with Crippen LogP contribution in [0.1, 0.15) is 18.0 Å². The van der Waals surface area contributed by atoms with Crippen molar-refractivity contribution in [1.82, 2.24) is 12.9 Å². The molecule has 4 nitrogen and oxygen atoms in total. The van der Waals surface area contributed by atoms with Crippen molar-refractivity contribution in [2.75, 3.05) is 5.32 Å². The van der Waals surface area contributed by atoms with E-state index in [1.54, 1.807) is 11.3 Å². The van der Waals surface area contributed by atoms with E-state index in [9.17, 15) is 0 Å². The van der Waals surface area contributed by atoms with Crippen LogP contribution < -0.4 is 5.32 Å². The minimum atomic E-state index is 0.0184. The molecule has 3 aromatic rings. The second-order valence-corrected chi connectivity index (χ2v) is 5.71. The molecule has 1 unspecified atom stereocenters. The predicted octanol–water partition coefficient (Wildman–Crippen LogP) is 2.32. The molecule has 0 radical (unpaired) electrons. The van der Waals surface area contributed by atoms with Gasteiger partial charge in [-0.2, -0.15) is 0 Å². The van der Waals surface area contributed by atoms with Crippen molar-refractivity contribution in [3.8, 4) is 0 Å². The molecule has 0 bridgehead atoms. The van der Waals surface area contributed by atoms with Crippen LogP contribution in [0.2, 0.25) is 0 Å². The van der Waals surface area contributed by atoms with Crippen molar-refractivity contribution in [2.24, 2.45) is 0 Å². The average molecular weight is 309 g/mol. The van der Waals surface area contributed by atoms with E-state index in [-0.39, 0.29) is 21.0 Å². The molecule has 0 spiro atoms. The summed E-state index contributed by atoms with van der Waals surface area (Å²) >= 11 is 1.68. The Bertz CT molecular complexity index is 619. The maximum atomic E-state index is 4.45. The van der Waals surface area contributed by atoms with Crippen molar-refractivity contribution in [2.45, 2.75) is 13.0 Å². The number of thiazole rings is 1. The summed E-state index contributed by atoms with van der Waals surface area (Å²) in [6.45, 7) is 2.11. The van der Waals surface area contributed by atoms with Gasteiger partial charge in [0.05, 0.1) is 0 Å². The van der Waals surface area contributed by atoms with E-state index in [4.69, 9.17) is 0 Å². The van der Waals surface area contributed by atoms with E-state index in [1.807, 2.05) is 29.8 Å². The third-order valence-corrected chi connectivity index (χ3v) is 4.58. The predicted molar refractivity (Wildman–Crippen MR) is 70.6 cm³/mol. The summed E-state index contributed by atoms with van der Waals surface area (Å²) in [6.07, 6.45) is 1.83. The van der Waals surface area contributed by atoms with Gasteiger partial charge in [-0.3, -0.25) is 0 Å². The summed E-state index contributed by atoms with van der Waals surface area (Å²) in [5.74, 6) is 0. The molecule has 2 heterocycles. The van der Waals surface area contributed by atoms with Gasteiger partial charge in [0.25, 0.3) is 0 Å². The molecule has 1 N–H and O–H groups in total. The van der Waals surface area contributed by atoms with Crippen molar-refractivity contribution < 1.29 is 0 Å². The fourth-order valence-corrected chi connectivity index (χ4v) is 3.47. The van der Waals surface area contributed by atoms with Gasteiger partial charge in [0.15, 0.2) is 0 Å². The Balaban J connectivity index is 1.92. The molecule has 17 heavy (non-hydrogen) atoms. The van der Waals surface area contributed by atoms with Crippen molar-refractivity contribution in [3.63, 3.8) is 0 Å². The summed E-state index contributed by atoms with van der Waals surface area (Å²) in [7, 11) is 0. The number of hydrogen-bond acceptors (Lipinski definition) is 5. The Hall–Kier alpha value is -1.23. The third kappa shape index (κ3) is 2.11. The average Bonchev–Trinajstić information content (AvgIpc) is 3.00. The van der Waals surface area contributed by atoms with Crippen LogP contribution in [-0.2, 0) is 0 Å². The monoisotopic (exact) mass is 310 g/mol. The van der Waals surface area contributed by atoms with E-state index in [2.05, 4.69) is 25.2 Å². The zero-order valence-electron chi connectivity index (χ0n) is 9.12. The summed E-state index contributed by atoms with van der Waals surface area (Å²) in [5.41, 5.74) is 3.05. The van der Waals surface area contributed by atoms with Crippen LogP contribution in [0.25, 0.3) is 11.0 Å². The van der Waals surface area contributed by atoms with Gasteiger partial charge in [-0.25, -0.2) is 0 Å². The molecule has 0 saturated heterocycles. The molecule has 0 fully saturated rings. The quantitative estimate of drug-likeness (QED) is 0.754. The van der Waals surface area contributed by atoms with E-state index >= 15 is 0 Å². The Kier molecular flexibility index (Phi) is 2.92. The van der Waals surface area contributed by atoms with Crippen molar-refractivity contribution in [3.05, 3.63) is 34.8 Å².